The molecule has 0 saturated carbocycles. The van der Waals surface area contributed by atoms with E-state index in [4.69, 9.17) is 9.85 Å². The Labute approximate surface area is 60.1 Å². The summed E-state index contributed by atoms with van der Waals surface area (Å²) < 4.78 is 21.8. The number of aromatic nitrogens is 1. The van der Waals surface area contributed by atoms with Crippen LogP contribution in [0, 0.1) is 0 Å². The van der Waals surface area contributed by atoms with Gasteiger partial charge in [-0.3, -0.25) is 0 Å². The quantitative estimate of drug-likeness (QED) is 0.607. The van der Waals surface area contributed by atoms with Gasteiger partial charge in [-0.2, -0.15) is 0 Å². The summed E-state index contributed by atoms with van der Waals surface area (Å²) in [5.74, 6) is 0. The third-order valence-electron chi connectivity index (χ3n) is 0.575. The molecular formula is C5H5BrN2. The average Bonchev–Trinajstić information content (AvgIpc) is 1.97. The molecule has 0 aliphatic heterocycles. The molecule has 0 aliphatic rings. The number of nitrogens with zero attached hydrogens (tertiary/aromatic N) is 1. The summed E-state index contributed by atoms with van der Waals surface area (Å²) >= 11 is 2.94. The van der Waals surface area contributed by atoms with Crippen molar-refractivity contribution in [2.45, 2.75) is 0 Å². The van der Waals surface area contributed by atoms with Crippen molar-refractivity contribution in [3.05, 3.63) is 22.9 Å². The Morgan fingerprint density at radius 2 is 2.50 bits per heavy atom. The number of rotatable bonds is 0. The first kappa shape index (κ1) is 2.82. The van der Waals surface area contributed by atoms with Crippen molar-refractivity contribution < 1.29 is 4.11 Å². The molecule has 2 N–H and O–H groups in total. The van der Waals surface area contributed by atoms with Gasteiger partial charge in [-0.25, -0.2) is 4.98 Å². The predicted octanol–water partition coefficient (Wildman–Crippen LogP) is 1.43. The molecule has 1 aromatic heterocycles. The molecule has 42 valence electrons. The van der Waals surface area contributed by atoms with Gasteiger partial charge in [-0.1, -0.05) is 0 Å². The zero-order chi connectivity index (χ0) is 8.59. The highest BCUT2D eigenvalue weighted by Crippen LogP contribution is 2.05. The van der Waals surface area contributed by atoms with Crippen LogP contribution in [0.3, 0.4) is 0 Å². The molecule has 0 aliphatic carbocycles. The summed E-state index contributed by atoms with van der Waals surface area (Å²) in [4.78, 5) is 3.58. The van der Waals surface area contributed by atoms with E-state index in [1.165, 1.54) is 0 Å². The lowest BCUT2D eigenvalue weighted by atomic mass is 10.4. The average molecular weight is 176 g/mol. The van der Waals surface area contributed by atoms with Crippen molar-refractivity contribution in [2.24, 2.45) is 0 Å². The molecule has 0 unspecified atom stereocenters. The van der Waals surface area contributed by atoms with Gasteiger partial charge in [0.2, 0.25) is 0 Å². The Morgan fingerprint density at radius 1 is 1.75 bits per heavy atom. The van der Waals surface area contributed by atoms with E-state index in [0.29, 0.717) is 0 Å². The first-order valence-corrected chi connectivity index (χ1v) is 2.72. The maximum absolute atomic E-state index is 7.22. The van der Waals surface area contributed by atoms with Gasteiger partial charge in [-0.05, 0) is 28.0 Å². The molecule has 1 heterocycles. The minimum Gasteiger partial charge on any atom is -0.397 e. The Hall–Kier alpha value is -0.570. The number of anilines is 1. The van der Waals surface area contributed by atoms with Crippen LogP contribution in [0.15, 0.2) is 22.9 Å². The Kier molecular flexibility index (Phi) is 0.753. The zero-order valence-corrected chi connectivity index (χ0v) is 5.49. The van der Waals surface area contributed by atoms with E-state index in [0.717, 1.165) is 0 Å². The minimum atomic E-state index is -0.169. The molecule has 0 atom stereocenters. The smallest absolute Gasteiger partial charge is 0.106 e. The normalized spacial score (nSPS) is 14.4. The van der Waals surface area contributed by atoms with Crippen LogP contribution < -0.4 is 5.73 Å². The SMILES string of the molecule is [2H]c1nc(Br)c([2H])c([2H])c1N. The molecule has 0 saturated heterocycles. The van der Waals surface area contributed by atoms with E-state index in [-0.39, 0.29) is 28.5 Å². The van der Waals surface area contributed by atoms with E-state index in [1.54, 1.807) is 0 Å². The summed E-state index contributed by atoms with van der Waals surface area (Å²) in [5.41, 5.74) is 5.22. The molecule has 0 spiro atoms. The van der Waals surface area contributed by atoms with Gasteiger partial charge in [-0.15, -0.1) is 0 Å². The zero-order valence-electron chi connectivity index (χ0n) is 6.90. The van der Waals surface area contributed by atoms with Crippen LogP contribution in [0.1, 0.15) is 4.11 Å². The maximum Gasteiger partial charge on any atom is 0.106 e. The van der Waals surface area contributed by atoms with Crippen LogP contribution >= 0.6 is 15.9 Å². The second-order valence-electron chi connectivity index (χ2n) is 1.18. The standard InChI is InChI=1S/C5H5BrN2/c6-5-2-1-4(7)3-8-5/h1-3H,7H2/i1D,2D,3D. The summed E-state index contributed by atoms with van der Waals surface area (Å²) in [6, 6.07) is -0.240. The lowest BCUT2D eigenvalue weighted by Crippen LogP contribution is -1.83. The van der Waals surface area contributed by atoms with E-state index >= 15 is 0 Å². The van der Waals surface area contributed by atoms with Gasteiger partial charge in [0.25, 0.3) is 0 Å². The van der Waals surface area contributed by atoms with Gasteiger partial charge in [0, 0.05) is 0 Å². The van der Waals surface area contributed by atoms with Crippen molar-refractivity contribution >= 4 is 21.6 Å². The largest absolute Gasteiger partial charge is 0.397 e. The van der Waals surface area contributed by atoms with Crippen LogP contribution in [0.4, 0.5) is 5.69 Å². The third-order valence-corrected chi connectivity index (χ3v) is 0.950. The van der Waals surface area contributed by atoms with Crippen molar-refractivity contribution in [2.75, 3.05) is 5.73 Å². The van der Waals surface area contributed by atoms with Crippen LogP contribution in [0.2, 0.25) is 0 Å². The second-order valence-corrected chi connectivity index (χ2v) is 1.93. The van der Waals surface area contributed by atoms with E-state index in [1.807, 2.05) is 0 Å². The van der Waals surface area contributed by atoms with Crippen molar-refractivity contribution in [3.63, 3.8) is 0 Å². The number of hydrogen-bond acceptors (Lipinski definition) is 2. The highest BCUT2D eigenvalue weighted by Gasteiger charge is 1.83. The second kappa shape index (κ2) is 2.13. The molecule has 0 radical (unpaired) electrons. The van der Waals surface area contributed by atoms with Crippen molar-refractivity contribution in [1.82, 2.24) is 4.98 Å². The van der Waals surface area contributed by atoms with Crippen molar-refractivity contribution in [3.8, 4) is 0 Å². The third kappa shape index (κ3) is 1.20. The molecule has 0 amide bonds. The highest BCUT2D eigenvalue weighted by molar-refractivity contribution is 9.10. The molecule has 2 nitrogen and oxygen atoms in total. The van der Waals surface area contributed by atoms with E-state index in [2.05, 4.69) is 20.9 Å². The Balaban J connectivity index is 3.46. The van der Waals surface area contributed by atoms with Gasteiger partial charge >= 0.3 is 0 Å². The molecule has 0 bridgehead atoms. The predicted molar refractivity (Wildman–Crippen MR) is 36.3 cm³/mol. The monoisotopic (exact) mass is 175 g/mol. The van der Waals surface area contributed by atoms with Crippen LogP contribution in [-0.2, 0) is 0 Å². The van der Waals surface area contributed by atoms with E-state index < -0.39 is 0 Å². The van der Waals surface area contributed by atoms with Gasteiger partial charge in [0.1, 0.15) is 4.60 Å². The highest BCUT2D eigenvalue weighted by atomic mass is 79.9. The Morgan fingerprint density at radius 3 is 3.25 bits per heavy atom. The number of hydrogen-bond donors (Lipinski definition) is 1. The summed E-state index contributed by atoms with van der Waals surface area (Å²) in [6.45, 7) is 0. The molecular weight excluding hydrogens is 168 g/mol. The summed E-state index contributed by atoms with van der Waals surface area (Å²) in [6.07, 6.45) is -0.169. The lowest BCUT2D eigenvalue weighted by molar-refractivity contribution is 1.28. The fraction of sp³-hybridized carbons (Fsp3) is 0. The molecule has 8 heavy (non-hydrogen) atoms. The molecule has 1 rings (SSSR count). The van der Waals surface area contributed by atoms with Gasteiger partial charge in [0.05, 0.1) is 16.0 Å². The molecule has 1 aromatic rings. The molecule has 0 fully saturated rings. The van der Waals surface area contributed by atoms with Crippen LogP contribution in [0.5, 0.6) is 0 Å². The topological polar surface area (TPSA) is 38.9 Å². The van der Waals surface area contributed by atoms with Crippen molar-refractivity contribution in [1.29, 1.82) is 0 Å². The lowest BCUT2D eigenvalue weighted by Gasteiger charge is -1.88. The number of pyridine rings is 1. The number of nitrogen functional groups attached to an aromatic ring is 1. The molecule has 3 heteroatoms. The van der Waals surface area contributed by atoms with Gasteiger partial charge < -0.3 is 5.73 Å². The maximum atomic E-state index is 7.22. The minimum absolute atomic E-state index is 0.0572. The summed E-state index contributed by atoms with van der Waals surface area (Å²) in [5, 5.41) is 0. The first-order valence-electron chi connectivity index (χ1n) is 3.42. The van der Waals surface area contributed by atoms with Crippen LogP contribution in [-0.4, -0.2) is 4.98 Å². The fourth-order valence-electron chi connectivity index (χ4n) is 0.284. The Bertz CT molecular complexity index is 276. The molecule has 0 aromatic carbocycles. The summed E-state index contributed by atoms with van der Waals surface area (Å²) in [7, 11) is 0. The first-order chi connectivity index (χ1) is 5.04. The number of halogens is 1. The fourth-order valence-corrected chi connectivity index (χ4v) is 0.472. The van der Waals surface area contributed by atoms with Gasteiger partial charge in [0.15, 0.2) is 0 Å². The number of nitrogens with two attached hydrogens (primary N) is 1. The van der Waals surface area contributed by atoms with Crippen LogP contribution in [0.25, 0.3) is 0 Å². The van der Waals surface area contributed by atoms with E-state index in [9.17, 15) is 0 Å².